The highest BCUT2D eigenvalue weighted by Crippen LogP contribution is 2.33. The van der Waals surface area contributed by atoms with Gasteiger partial charge in [0.25, 0.3) is 0 Å². The van der Waals surface area contributed by atoms with E-state index in [-0.39, 0.29) is 19.0 Å². The van der Waals surface area contributed by atoms with E-state index in [2.05, 4.69) is 4.84 Å². The van der Waals surface area contributed by atoms with Crippen LogP contribution in [0.4, 0.5) is 30.7 Å². The van der Waals surface area contributed by atoms with Crippen LogP contribution >= 0.6 is 0 Å². The van der Waals surface area contributed by atoms with Crippen molar-refractivity contribution >= 4 is 5.97 Å². The molecule has 1 fully saturated rings. The Hall–Kier alpha value is -2.04. The van der Waals surface area contributed by atoms with Crippen LogP contribution in [0.5, 0.6) is 5.75 Å². The fourth-order valence-corrected chi connectivity index (χ4v) is 2.08. The summed E-state index contributed by atoms with van der Waals surface area (Å²) in [5.41, 5.74) is -1.17. The average molecular weight is 375 g/mol. The molecule has 0 radical (unpaired) electrons. The van der Waals surface area contributed by atoms with Crippen molar-refractivity contribution < 1.29 is 45.1 Å². The van der Waals surface area contributed by atoms with E-state index < -0.39 is 41.6 Å². The minimum Gasteiger partial charge on any atom is -0.487 e. The summed E-state index contributed by atoms with van der Waals surface area (Å²) in [6.45, 7) is 1.32. The summed E-state index contributed by atoms with van der Waals surface area (Å²) in [4.78, 5) is 14.7. The number of nitrogens with zero attached hydrogens (tertiary/aromatic N) is 1. The van der Waals surface area contributed by atoms with Crippen LogP contribution < -0.4 is 4.74 Å². The van der Waals surface area contributed by atoms with Crippen LogP contribution in [0.15, 0.2) is 18.2 Å². The number of hydroxylamine groups is 2. The molecule has 1 heterocycles. The van der Waals surface area contributed by atoms with Crippen molar-refractivity contribution in [2.45, 2.75) is 25.4 Å². The Kier molecular flexibility index (Phi) is 5.17. The predicted molar refractivity (Wildman–Crippen MR) is 68.7 cm³/mol. The lowest BCUT2D eigenvalue weighted by molar-refractivity contribution is -0.262. The molecule has 1 unspecified atom stereocenters. The Bertz CT molecular complexity index is 638. The fourth-order valence-electron chi connectivity index (χ4n) is 2.08. The number of rotatable bonds is 4. The molecule has 0 bridgehead atoms. The highest BCUT2D eigenvalue weighted by Gasteiger charge is 2.45. The van der Waals surface area contributed by atoms with Crippen LogP contribution in [0.1, 0.15) is 12.5 Å². The third kappa shape index (κ3) is 4.74. The predicted octanol–water partition coefficient (Wildman–Crippen LogP) is 3.56. The molecule has 0 spiro atoms. The van der Waals surface area contributed by atoms with Crippen LogP contribution in [-0.2, 0) is 15.8 Å². The highest BCUT2D eigenvalue weighted by molar-refractivity contribution is 5.75. The summed E-state index contributed by atoms with van der Waals surface area (Å²) in [5, 5.41) is 0.767. The number of halogens is 7. The van der Waals surface area contributed by atoms with Crippen LogP contribution in [0, 0.1) is 11.7 Å². The van der Waals surface area contributed by atoms with Gasteiger partial charge in [0.05, 0.1) is 5.56 Å². The highest BCUT2D eigenvalue weighted by atomic mass is 19.4. The lowest BCUT2D eigenvalue weighted by Gasteiger charge is -2.40. The first-order valence-corrected chi connectivity index (χ1v) is 6.95. The first-order valence-electron chi connectivity index (χ1n) is 6.95. The standard InChI is InChI=1S/C14H12F7NO3/c1-7(8-5-22(6-8)25-12(23)14(19,20)21)24-11-3-2-9(4-10(11)15)13(16,17)18/h2-4,7-8H,5-6H2,1H3. The third-order valence-electron chi connectivity index (χ3n) is 3.56. The van der Waals surface area contributed by atoms with Crippen molar-refractivity contribution in [1.29, 1.82) is 0 Å². The molecule has 1 aromatic rings. The van der Waals surface area contributed by atoms with Gasteiger partial charge in [-0.1, -0.05) is 0 Å². The van der Waals surface area contributed by atoms with Gasteiger partial charge in [-0.15, -0.1) is 5.06 Å². The van der Waals surface area contributed by atoms with Crippen molar-refractivity contribution in [3.63, 3.8) is 0 Å². The van der Waals surface area contributed by atoms with Gasteiger partial charge in [-0.05, 0) is 25.1 Å². The second kappa shape index (κ2) is 6.70. The lowest BCUT2D eigenvalue weighted by Crippen LogP contribution is -2.54. The molecule has 0 aliphatic carbocycles. The molecule has 1 aliphatic heterocycles. The zero-order valence-corrected chi connectivity index (χ0v) is 12.6. The number of alkyl halides is 6. The van der Waals surface area contributed by atoms with Crippen molar-refractivity contribution in [2.24, 2.45) is 5.92 Å². The normalized spacial score (nSPS) is 17.8. The average Bonchev–Trinajstić information content (AvgIpc) is 2.41. The number of hydrogen-bond donors (Lipinski definition) is 0. The minimum absolute atomic E-state index is 0.0781. The number of carbonyl (C=O) groups excluding carboxylic acids is 1. The van der Waals surface area contributed by atoms with Crippen LogP contribution in [-0.4, -0.2) is 36.4 Å². The monoisotopic (exact) mass is 375 g/mol. The smallest absolute Gasteiger partial charge is 0.487 e. The van der Waals surface area contributed by atoms with Gasteiger partial charge in [-0.3, -0.25) is 0 Å². The molecule has 0 aromatic heterocycles. The number of carbonyl (C=O) groups is 1. The van der Waals surface area contributed by atoms with Gasteiger partial charge in [-0.25, -0.2) is 9.18 Å². The van der Waals surface area contributed by atoms with Crippen LogP contribution in [0.2, 0.25) is 0 Å². The van der Waals surface area contributed by atoms with Crippen molar-refractivity contribution in [3.05, 3.63) is 29.6 Å². The summed E-state index contributed by atoms with van der Waals surface area (Å²) in [6, 6.07) is 1.78. The molecule has 1 saturated heterocycles. The van der Waals surface area contributed by atoms with Crippen molar-refractivity contribution in [3.8, 4) is 5.75 Å². The maximum Gasteiger partial charge on any atom is 0.492 e. The number of hydrogen-bond acceptors (Lipinski definition) is 4. The molecule has 0 saturated carbocycles. The third-order valence-corrected chi connectivity index (χ3v) is 3.56. The Morgan fingerprint density at radius 1 is 1.20 bits per heavy atom. The van der Waals surface area contributed by atoms with Gasteiger partial charge >= 0.3 is 18.3 Å². The lowest BCUT2D eigenvalue weighted by atomic mass is 9.97. The molecule has 0 amide bonds. The minimum atomic E-state index is -5.11. The summed E-state index contributed by atoms with van der Waals surface area (Å²) in [5.74, 6) is -4.36. The largest absolute Gasteiger partial charge is 0.492 e. The molecule has 25 heavy (non-hydrogen) atoms. The summed E-state index contributed by atoms with van der Waals surface area (Å²) >= 11 is 0. The van der Waals surface area contributed by atoms with E-state index in [4.69, 9.17) is 4.74 Å². The molecular weight excluding hydrogens is 363 g/mol. The van der Waals surface area contributed by atoms with Crippen LogP contribution in [0.3, 0.4) is 0 Å². The Morgan fingerprint density at radius 3 is 2.28 bits per heavy atom. The Balaban J connectivity index is 1.88. The zero-order chi connectivity index (χ0) is 19.0. The van der Waals surface area contributed by atoms with Gasteiger partial charge in [0.2, 0.25) is 0 Å². The molecule has 1 aromatic carbocycles. The molecule has 2 rings (SSSR count). The maximum absolute atomic E-state index is 13.7. The summed E-state index contributed by atoms with van der Waals surface area (Å²) in [6.07, 6.45) is -10.5. The molecule has 1 atom stereocenters. The number of ether oxygens (including phenoxy) is 1. The van der Waals surface area contributed by atoms with E-state index in [1.165, 1.54) is 6.92 Å². The van der Waals surface area contributed by atoms with Gasteiger partial charge in [0.15, 0.2) is 11.6 Å². The van der Waals surface area contributed by atoms with Crippen LogP contribution in [0.25, 0.3) is 0 Å². The van der Waals surface area contributed by atoms with E-state index in [0.717, 1.165) is 11.1 Å². The van der Waals surface area contributed by atoms with E-state index in [1.807, 2.05) is 0 Å². The maximum atomic E-state index is 13.7. The molecule has 11 heteroatoms. The molecular formula is C14H12F7NO3. The second-order valence-electron chi connectivity index (χ2n) is 5.45. The van der Waals surface area contributed by atoms with Crippen molar-refractivity contribution in [1.82, 2.24) is 5.06 Å². The summed E-state index contributed by atoms with van der Waals surface area (Å²) < 4.78 is 92.3. The molecule has 4 nitrogen and oxygen atoms in total. The quantitative estimate of drug-likeness (QED) is 0.755. The summed E-state index contributed by atoms with van der Waals surface area (Å²) in [7, 11) is 0. The Morgan fingerprint density at radius 2 is 1.80 bits per heavy atom. The fraction of sp³-hybridized carbons (Fsp3) is 0.500. The molecule has 0 N–H and O–H groups in total. The van der Waals surface area contributed by atoms with E-state index in [1.54, 1.807) is 0 Å². The first kappa shape index (κ1) is 19.3. The van der Waals surface area contributed by atoms with Crippen molar-refractivity contribution in [2.75, 3.05) is 13.1 Å². The SMILES string of the molecule is CC(Oc1ccc(C(F)(F)F)cc1F)C1CN(OC(=O)C(F)(F)F)C1. The molecule has 140 valence electrons. The van der Waals surface area contributed by atoms with E-state index in [9.17, 15) is 35.5 Å². The Labute approximate surface area is 137 Å². The number of benzene rings is 1. The van der Waals surface area contributed by atoms with E-state index in [0.29, 0.717) is 12.1 Å². The van der Waals surface area contributed by atoms with Gasteiger partial charge in [0, 0.05) is 19.0 Å². The van der Waals surface area contributed by atoms with E-state index >= 15 is 0 Å². The van der Waals surface area contributed by atoms with Gasteiger partial charge in [-0.2, -0.15) is 26.3 Å². The molecule has 1 aliphatic rings. The van der Waals surface area contributed by atoms with Gasteiger partial charge < -0.3 is 9.57 Å². The second-order valence-corrected chi connectivity index (χ2v) is 5.45. The zero-order valence-electron chi connectivity index (χ0n) is 12.6. The first-order chi connectivity index (χ1) is 11.4. The topological polar surface area (TPSA) is 38.8 Å². The van der Waals surface area contributed by atoms with Gasteiger partial charge in [0.1, 0.15) is 6.10 Å².